The molecule has 0 aliphatic carbocycles. The Morgan fingerprint density at radius 1 is 0.356 bits per heavy atom. The highest BCUT2D eigenvalue weighted by Crippen LogP contribution is 2.45. The predicted molar refractivity (Wildman–Crippen MR) is 188 cm³/mol. The van der Waals surface area contributed by atoms with Gasteiger partial charge in [0.05, 0.1) is 27.8 Å². The molecule has 10 aromatic rings. The third-order valence-electron chi connectivity index (χ3n) is 9.32. The normalized spacial score (nSPS) is 12.0. The summed E-state index contributed by atoms with van der Waals surface area (Å²) in [5.41, 5.74) is 11.2. The third-order valence-corrected chi connectivity index (χ3v) is 9.32. The van der Waals surface area contributed by atoms with E-state index in [1.54, 1.807) is 0 Å². The van der Waals surface area contributed by atoms with E-state index in [1.807, 2.05) is 6.07 Å². The molecule has 7 aromatic carbocycles. The Hall–Kier alpha value is -6.06. The van der Waals surface area contributed by atoms with Crippen LogP contribution in [0.3, 0.4) is 0 Å². The Morgan fingerprint density at radius 3 is 1.87 bits per heavy atom. The minimum absolute atomic E-state index is 0.902. The summed E-state index contributed by atoms with van der Waals surface area (Å²) in [5.74, 6) is 0. The summed E-state index contributed by atoms with van der Waals surface area (Å²) < 4.78 is 11.2. The van der Waals surface area contributed by atoms with Crippen molar-refractivity contribution in [1.82, 2.24) is 9.13 Å². The number of fused-ring (bicyclic) bond motifs is 10. The Labute approximate surface area is 258 Å². The van der Waals surface area contributed by atoms with Crippen molar-refractivity contribution in [3.8, 4) is 22.5 Å². The van der Waals surface area contributed by atoms with E-state index in [4.69, 9.17) is 4.42 Å². The molecule has 0 unspecified atom stereocenters. The van der Waals surface area contributed by atoms with Crippen LogP contribution in [0.1, 0.15) is 0 Å². The van der Waals surface area contributed by atoms with Gasteiger partial charge in [-0.15, -0.1) is 0 Å². The maximum atomic E-state index is 6.33. The van der Waals surface area contributed by atoms with Crippen molar-refractivity contribution in [3.05, 3.63) is 158 Å². The number of para-hydroxylation sites is 5. The van der Waals surface area contributed by atoms with Crippen LogP contribution in [-0.4, -0.2) is 9.13 Å². The topological polar surface area (TPSA) is 23.0 Å². The molecule has 3 heterocycles. The SMILES string of the molecule is c1ccc(-n2c3ccccc3c3c2ccc2c4ccccc4n(-c4ccccc4-c4cccc5oc6ccccc6c45)c23)cc1. The summed E-state index contributed by atoms with van der Waals surface area (Å²) in [5, 5.41) is 7.26. The van der Waals surface area contributed by atoms with Gasteiger partial charge >= 0.3 is 0 Å². The van der Waals surface area contributed by atoms with E-state index in [0.717, 1.165) is 38.9 Å². The van der Waals surface area contributed by atoms with Gasteiger partial charge in [0.25, 0.3) is 0 Å². The molecule has 0 saturated heterocycles. The molecule has 210 valence electrons. The molecule has 0 saturated carbocycles. The van der Waals surface area contributed by atoms with E-state index in [-0.39, 0.29) is 0 Å². The maximum absolute atomic E-state index is 6.33. The zero-order valence-electron chi connectivity index (χ0n) is 24.3. The summed E-state index contributed by atoms with van der Waals surface area (Å²) in [6.45, 7) is 0. The fourth-order valence-corrected chi connectivity index (χ4v) is 7.51. The van der Waals surface area contributed by atoms with Crippen molar-refractivity contribution in [2.45, 2.75) is 0 Å². The fourth-order valence-electron chi connectivity index (χ4n) is 7.51. The van der Waals surface area contributed by atoms with Gasteiger partial charge in [0, 0.05) is 43.6 Å². The van der Waals surface area contributed by atoms with Gasteiger partial charge in [-0.2, -0.15) is 0 Å². The highest BCUT2D eigenvalue weighted by molar-refractivity contribution is 6.26. The zero-order chi connectivity index (χ0) is 29.5. The van der Waals surface area contributed by atoms with Gasteiger partial charge < -0.3 is 13.6 Å². The van der Waals surface area contributed by atoms with Crippen molar-refractivity contribution >= 4 is 65.6 Å². The summed E-state index contributed by atoms with van der Waals surface area (Å²) in [4.78, 5) is 0. The molecule has 0 atom stereocenters. The molecular weight excluding hydrogens is 548 g/mol. The number of hydrogen-bond acceptors (Lipinski definition) is 1. The summed E-state index contributed by atoms with van der Waals surface area (Å²) >= 11 is 0. The lowest BCUT2D eigenvalue weighted by atomic mass is 9.97. The number of hydrogen-bond donors (Lipinski definition) is 0. The maximum Gasteiger partial charge on any atom is 0.136 e. The van der Waals surface area contributed by atoms with Gasteiger partial charge in [-0.05, 0) is 54.1 Å². The number of furan rings is 1. The molecule has 0 aliphatic rings. The van der Waals surface area contributed by atoms with Gasteiger partial charge in [0.1, 0.15) is 11.2 Å². The molecule has 0 aliphatic heterocycles. The molecule has 45 heavy (non-hydrogen) atoms. The van der Waals surface area contributed by atoms with Gasteiger partial charge in [-0.3, -0.25) is 0 Å². The molecule has 3 nitrogen and oxygen atoms in total. The van der Waals surface area contributed by atoms with Crippen LogP contribution in [0.15, 0.2) is 162 Å². The number of aromatic nitrogens is 2. The predicted octanol–water partition coefficient (Wildman–Crippen LogP) is 11.4. The van der Waals surface area contributed by atoms with Crippen molar-refractivity contribution in [2.24, 2.45) is 0 Å². The standard InChI is InChI=1S/C42H26N2O/c1-2-13-27(14-3-1)43-36-22-10-6-17-32(36)41-37(43)26-25-31-29-16-5-9-21-35(29)44(42(31)41)34-20-8-4-15-28(34)30-19-12-24-39-40(30)33-18-7-11-23-38(33)45-39/h1-26H. The van der Waals surface area contributed by atoms with E-state index >= 15 is 0 Å². The Kier molecular flexibility index (Phi) is 5.00. The number of rotatable bonds is 3. The van der Waals surface area contributed by atoms with E-state index in [0.29, 0.717) is 0 Å². The van der Waals surface area contributed by atoms with Crippen molar-refractivity contribution in [3.63, 3.8) is 0 Å². The molecule has 0 fully saturated rings. The van der Waals surface area contributed by atoms with Crippen LogP contribution in [0.25, 0.3) is 88.1 Å². The monoisotopic (exact) mass is 574 g/mol. The quantitative estimate of drug-likeness (QED) is 0.206. The van der Waals surface area contributed by atoms with Crippen LogP contribution in [0.2, 0.25) is 0 Å². The first-order valence-electron chi connectivity index (χ1n) is 15.4. The van der Waals surface area contributed by atoms with Crippen LogP contribution >= 0.6 is 0 Å². The van der Waals surface area contributed by atoms with E-state index in [9.17, 15) is 0 Å². The van der Waals surface area contributed by atoms with Crippen molar-refractivity contribution in [1.29, 1.82) is 0 Å². The molecule has 3 aromatic heterocycles. The first-order chi connectivity index (χ1) is 22.4. The zero-order valence-corrected chi connectivity index (χ0v) is 24.3. The van der Waals surface area contributed by atoms with Gasteiger partial charge in [0.15, 0.2) is 0 Å². The van der Waals surface area contributed by atoms with Crippen molar-refractivity contribution in [2.75, 3.05) is 0 Å². The minimum atomic E-state index is 0.902. The highest BCUT2D eigenvalue weighted by atomic mass is 16.3. The third kappa shape index (κ3) is 3.35. The largest absolute Gasteiger partial charge is 0.456 e. The lowest BCUT2D eigenvalue weighted by Crippen LogP contribution is -1.98. The van der Waals surface area contributed by atoms with Gasteiger partial charge in [-0.25, -0.2) is 0 Å². The second-order valence-electron chi connectivity index (χ2n) is 11.7. The molecule has 0 spiro atoms. The summed E-state index contributed by atoms with van der Waals surface area (Å²) in [6.07, 6.45) is 0. The number of nitrogens with zero attached hydrogens (tertiary/aromatic N) is 2. The lowest BCUT2D eigenvalue weighted by Gasteiger charge is -2.15. The lowest BCUT2D eigenvalue weighted by molar-refractivity contribution is 0.669. The molecule has 0 N–H and O–H groups in total. The average Bonchev–Trinajstić information content (AvgIpc) is 3.76. The summed E-state index contributed by atoms with van der Waals surface area (Å²) in [6, 6.07) is 56.4. The van der Waals surface area contributed by atoms with Crippen molar-refractivity contribution < 1.29 is 4.42 Å². The van der Waals surface area contributed by atoms with E-state index in [2.05, 4.69) is 161 Å². The van der Waals surface area contributed by atoms with E-state index < -0.39 is 0 Å². The first-order valence-corrected chi connectivity index (χ1v) is 15.4. The Morgan fingerprint density at radius 2 is 1.00 bits per heavy atom. The molecule has 10 rings (SSSR count). The molecule has 0 bridgehead atoms. The minimum Gasteiger partial charge on any atom is -0.456 e. The van der Waals surface area contributed by atoms with Crippen LogP contribution in [0, 0.1) is 0 Å². The van der Waals surface area contributed by atoms with E-state index in [1.165, 1.54) is 49.2 Å². The van der Waals surface area contributed by atoms with Gasteiger partial charge in [-0.1, -0.05) is 109 Å². The van der Waals surface area contributed by atoms with Gasteiger partial charge in [0.2, 0.25) is 0 Å². The van der Waals surface area contributed by atoms with Crippen LogP contribution in [-0.2, 0) is 0 Å². The summed E-state index contributed by atoms with van der Waals surface area (Å²) in [7, 11) is 0. The highest BCUT2D eigenvalue weighted by Gasteiger charge is 2.23. The molecular formula is C42H26N2O. The van der Waals surface area contributed by atoms with Crippen LogP contribution in [0.4, 0.5) is 0 Å². The number of benzene rings is 7. The fraction of sp³-hybridized carbons (Fsp3) is 0. The average molecular weight is 575 g/mol. The molecule has 0 amide bonds. The molecule has 3 heteroatoms. The van der Waals surface area contributed by atoms with Crippen LogP contribution in [0.5, 0.6) is 0 Å². The molecule has 0 radical (unpaired) electrons. The van der Waals surface area contributed by atoms with Crippen LogP contribution < -0.4 is 0 Å². The second-order valence-corrected chi connectivity index (χ2v) is 11.7. The Bertz CT molecular complexity index is 2760. The Balaban J connectivity index is 1.39. The first kappa shape index (κ1) is 24.4. The second kappa shape index (κ2) is 9.22. The smallest absolute Gasteiger partial charge is 0.136 e.